The van der Waals surface area contributed by atoms with Gasteiger partial charge in [-0.1, -0.05) is 28.1 Å². The summed E-state index contributed by atoms with van der Waals surface area (Å²) in [7, 11) is 0. The third-order valence-electron chi connectivity index (χ3n) is 3.96. The van der Waals surface area contributed by atoms with Crippen molar-refractivity contribution in [2.75, 3.05) is 11.9 Å². The molecule has 3 rings (SSSR count). The molecule has 0 fully saturated rings. The maximum atomic E-state index is 4.83. The van der Waals surface area contributed by atoms with E-state index in [2.05, 4.69) is 53.3 Å². The van der Waals surface area contributed by atoms with Crippen LogP contribution in [0, 0.1) is 6.92 Å². The molecule has 0 saturated carbocycles. The van der Waals surface area contributed by atoms with Gasteiger partial charge in [-0.3, -0.25) is 0 Å². The quantitative estimate of drug-likeness (QED) is 0.888. The van der Waals surface area contributed by atoms with Crippen molar-refractivity contribution in [3.63, 3.8) is 0 Å². The molecule has 4 heteroatoms. The van der Waals surface area contributed by atoms with Crippen molar-refractivity contribution in [3.05, 3.63) is 39.5 Å². The molecule has 2 aromatic rings. The normalized spacial score (nSPS) is 13.9. The molecule has 0 atom stereocenters. The van der Waals surface area contributed by atoms with E-state index in [0.29, 0.717) is 0 Å². The summed E-state index contributed by atoms with van der Waals surface area (Å²) in [6, 6.07) is 6.31. The molecule has 3 nitrogen and oxygen atoms in total. The number of hydrogen-bond donors (Lipinski definition) is 1. The van der Waals surface area contributed by atoms with Crippen LogP contribution in [0.2, 0.25) is 0 Å². The minimum atomic E-state index is 0.826. The molecule has 1 aromatic carbocycles. The van der Waals surface area contributed by atoms with Crippen LogP contribution >= 0.6 is 15.9 Å². The third kappa shape index (κ3) is 2.95. The van der Waals surface area contributed by atoms with Crippen molar-refractivity contribution in [3.8, 4) is 11.4 Å². The van der Waals surface area contributed by atoms with E-state index in [-0.39, 0.29) is 0 Å². The van der Waals surface area contributed by atoms with Gasteiger partial charge in [0.25, 0.3) is 0 Å². The van der Waals surface area contributed by atoms with Gasteiger partial charge in [0.05, 0.1) is 0 Å². The van der Waals surface area contributed by atoms with E-state index >= 15 is 0 Å². The lowest BCUT2D eigenvalue weighted by Gasteiger charge is -2.19. The van der Waals surface area contributed by atoms with Crippen molar-refractivity contribution >= 4 is 21.7 Å². The molecule has 0 radical (unpaired) electrons. The summed E-state index contributed by atoms with van der Waals surface area (Å²) in [5, 5.41) is 3.41. The summed E-state index contributed by atoms with van der Waals surface area (Å²) in [5.41, 5.74) is 4.83. The molecule has 0 bridgehead atoms. The summed E-state index contributed by atoms with van der Waals surface area (Å²) >= 11 is 3.60. The van der Waals surface area contributed by atoms with Crippen molar-refractivity contribution in [1.82, 2.24) is 9.97 Å². The Hall–Kier alpha value is -1.42. The summed E-state index contributed by atoms with van der Waals surface area (Å²) < 4.78 is 1.10. The number of nitrogens with zero attached hydrogens (tertiary/aromatic N) is 2. The Kier molecular flexibility index (Phi) is 4.24. The summed E-state index contributed by atoms with van der Waals surface area (Å²) in [6.07, 6.45) is 4.63. The van der Waals surface area contributed by atoms with Gasteiger partial charge in [-0.15, -0.1) is 0 Å². The predicted molar refractivity (Wildman–Crippen MR) is 90.7 cm³/mol. The first-order valence-electron chi connectivity index (χ1n) is 7.59. The highest BCUT2D eigenvalue weighted by Crippen LogP contribution is 2.30. The highest BCUT2D eigenvalue weighted by atomic mass is 79.9. The summed E-state index contributed by atoms with van der Waals surface area (Å²) in [5.74, 6) is 1.85. The molecule has 0 spiro atoms. The minimum Gasteiger partial charge on any atom is -0.370 e. The van der Waals surface area contributed by atoms with Gasteiger partial charge in [0, 0.05) is 27.8 Å². The molecule has 0 amide bonds. The first-order valence-corrected chi connectivity index (χ1v) is 8.38. The van der Waals surface area contributed by atoms with Gasteiger partial charge in [-0.2, -0.15) is 0 Å². The molecule has 110 valence electrons. The monoisotopic (exact) mass is 345 g/mol. The van der Waals surface area contributed by atoms with E-state index in [9.17, 15) is 0 Å². The Balaban J connectivity index is 2.09. The lowest BCUT2D eigenvalue weighted by molar-refractivity contribution is 0.665. The molecule has 1 heterocycles. The van der Waals surface area contributed by atoms with Crippen LogP contribution in [-0.4, -0.2) is 16.5 Å². The SMILES string of the molecule is CCNc1nc(-c2ccc(C)c(Br)c2)nc2c1CCCC2. The Labute approximate surface area is 134 Å². The second kappa shape index (κ2) is 6.14. The van der Waals surface area contributed by atoms with Gasteiger partial charge in [-0.25, -0.2) is 9.97 Å². The predicted octanol–water partition coefficient (Wildman–Crippen LogP) is 4.53. The van der Waals surface area contributed by atoms with E-state index in [1.165, 1.54) is 29.7 Å². The second-order valence-electron chi connectivity index (χ2n) is 5.52. The Morgan fingerprint density at radius 1 is 1.19 bits per heavy atom. The van der Waals surface area contributed by atoms with E-state index in [0.717, 1.165) is 41.1 Å². The van der Waals surface area contributed by atoms with Crippen molar-refractivity contribution in [2.45, 2.75) is 39.5 Å². The van der Waals surface area contributed by atoms with Crippen LogP contribution in [0.25, 0.3) is 11.4 Å². The van der Waals surface area contributed by atoms with Gasteiger partial charge in [0.1, 0.15) is 5.82 Å². The van der Waals surface area contributed by atoms with Crippen LogP contribution < -0.4 is 5.32 Å². The fourth-order valence-corrected chi connectivity index (χ4v) is 3.15. The standard InChI is InChI=1S/C17H20BrN3/c1-3-19-17-13-6-4-5-7-15(13)20-16(21-17)12-9-8-11(2)14(18)10-12/h8-10H,3-7H2,1-2H3,(H,19,20,21). The molecular formula is C17H20BrN3. The minimum absolute atomic E-state index is 0.826. The van der Waals surface area contributed by atoms with E-state index in [1.807, 2.05) is 0 Å². The number of aromatic nitrogens is 2. The molecule has 0 aliphatic heterocycles. The molecule has 21 heavy (non-hydrogen) atoms. The molecule has 1 aromatic heterocycles. The Bertz CT molecular complexity index is 667. The van der Waals surface area contributed by atoms with E-state index in [4.69, 9.17) is 9.97 Å². The molecule has 1 N–H and O–H groups in total. The first kappa shape index (κ1) is 14.5. The number of aryl methyl sites for hydroxylation is 2. The van der Waals surface area contributed by atoms with Gasteiger partial charge >= 0.3 is 0 Å². The first-order chi connectivity index (χ1) is 10.2. The fraction of sp³-hybridized carbons (Fsp3) is 0.412. The van der Waals surface area contributed by atoms with Crippen molar-refractivity contribution < 1.29 is 0 Å². The summed E-state index contributed by atoms with van der Waals surface area (Å²) in [6.45, 7) is 5.09. The lowest BCUT2D eigenvalue weighted by Crippen LogP contribution is -2.13. The maximum Gasteiger partial charge on any atom is 0.161 e. The van der Waals surface area contributed by atoms with E-state index < -0.39 is 0 Å². The molecule has 1 aliphatic rings. The van der Waals surface area contributed by atoms with E-state index in [1.54, 1.807) is 0 Å². The number of hydrogen-bond acceptors (Lipinski definition) is 3. The lowest BCUT2D eigenvalue weighted by atomic mass is 9.96. The smallest absolute Gasteiger partial charge is 0.161 e. The molecule has 0 unspecified atom stereocenters. The number of fused-ring (bicyclic) bond motifs is 1. The largest absolute Gasteiger partial charge is 0.370 e. The zero-order chi connectivity index (χ0) is 14.8. The average molecular weight is 346 g/mol. The van der Waals surface area contributed by atoms with Gasteiger partial charge in [0.15, 0.2) is 5.82 Å². The summed E-state index contributed by atoms with van der Waals surface area (Å²) in [4.78, 5) is 9.60. The van der Waals surface area contributed by atoms with Crippen molar-refractivity contribution in [2.24, 2.45) is 0 Å². The number of benzene rings is 1. The van der Waals surface area contributed by atoms with Crippen LogP contribution in [0.3, 0.4) is 0 Å². The van der Waals surface area contributed by atoms with Crippen LogP contribution in [0.5, 0.6) is 0 Å². The fourth-order valence-electron chi connectivity index (χ4n) is 2.77. The average Bonchev–Trinajstić information content (AvgIpc) is 2.50. The molecule has 0 saturated heterocycles. The second-order valence-corrected chi connectivity index (χ2v) is 6.38. The number of nitrogens with one attached hydrogen (secondary N) is 1. The van der Waals surface area contributed by atoms with Gasteiger partial charge < -0.3 is 5.32 Å². The Morgan fingerprint density at radius 3 is 2.76 bits per heavy atom. The van der Waals surface area contributed by atoms with Crippen molar-refractivity contribution in [1.29, 1.82) is 0 Å². The third-order valence-corrected chi connectivity index (χ3v) is 4.81. The highest BCUT2D eigenvalue weighted by Gasteiger charge is 2.18. The van der Waals surface area contributed by atoms with Gasteiger partial charge in [-0.05, 0) is 51.2 Å². The topological polar surface area (TPSA) is 37.8 Å². The van der Waals surface area contributed by atoms with Crippen LogP contribution in [0.1, 0.15) is 36.6 Å². The number of anilines is 1. The number of halogens is 1. The number of rotatable bonds is 3. The van der Waals surface area contributed by atoms with Crippen LogP contribution in [0.4, 0.5) is 5.82 Å². The molecular weight excluding hydrogens is 326 g/mol. The zero-order valence-electron chi connectivity index (χ0n) is 12.5. The molecule has 1 aliphatic carbocycles. The van der Waals surface area contributed by atoms with Crippen LogP contribution in [0.15, 0.2) is 22.7 Å². The highest BCUT2D eigenvalue weighted by molar-refractivity contribution is 9.10. The zero-order valence-corrected chi connectivity index (χ0v) is 14.1. The van der Waals surface area contributed by atoms with Gasteiger partial charge in [0.2, 0.25) is 0 Å². The maximum absolute atomic E-state index is 4.83. The van der Waals surface area contributed by atoms with Crippen LogP contribution in [-0.2, 0) is 12.8 Å². The Morgan fingerprint density at radius 2 is 2.00 bits per heavy atom.